The second-order valence-corrected chi connectivity index (χ2v) is 10.3. The van der Waals surface area contributed by atoms with Crippen LogP contribution in [0.2, 0.25) is 0 Å². The number of hydrogen-bond acceptors (Lipinski definition) is 6. The van der Waals surface area contributed by atoms with Gasteiger partial charge in [0.05, 0.1) is 23.1 Å². The van der Waals surface area contributed by atoms with Gasteiger partial charge in [0, 0.05) is 17.4 Å². The molecule has 2 heterocycles. The summed E-state index contributed by atoms with van der Waals surface area (Å²) in [6.45, 7) is 5.84. The van der Waals surface area contributed by atoms with Crippen LogP contribution in [0.1, 0.15) is 32.4 Å². The minimum atomic E-state index is -1.50. The molecule has 0 bridgehead atoms. The SMILES string of the molecule is CC1=C(C(=O)Nc2ccccc2)C(c2ccc(F)cc2)N2C(=N1)SCC2(O)N(c1ccccc1)C(C)C.[Cl-]. The zero-order valence-electron chi connectivity index (χ0n) is 21.3. The number of halogens is 2. The molecule has 1 saturated heterocycles. The van der Waals surface area contributed by atoms with Gasteiger partial charge in [-0.05, 0) is 62.7 Å². The molecule has 3 aromatic carbocycles. The first-order valence-corrected chi connectivity index (χ1v) is 13.2. The number of aliphatic hydroxyl groups is 1. The van der Waals surface area contributed by atoms with Crippen LogP contribution in [0.15, 0.2) is 101 Å². The minimum Gasteiger partial charge on any atom is -1.00 e. The van der Waals surface area contributed by atoms with E-state index >= 15 is 0 Å². The number of allylic oxidation sites excluding steroid dienone is 1. The molecule has 6 nitrogen and oxygen atoms in total. The summed E-state index contributed by atoms with van der Waals surface area (Å²) >= 11 is 1.44. The molecule has 2 N–H and O–H groups in total. The number of carbonyl (C=O) groups excluding carboxylic acids is 1. The average Bonchev–Trinajstić information content (AvgIpc) is 3.21. The lowest BCUT2D eigenvalue weighted by atomic mass is 9.92. The van der Waals surface area contributed by atoms with Gasteiger partial charge in [-0.1, -0.05) is 60.3 Å². The smallest absolute Gasteiger partial charge is 0.255 e. The third-order valence-corrected chi connectivity index (χ3v) is 7.65. The fourth-order valence-electron chi connectivity index (χ4n) is 5.05. The number of amidine groups is 1. The molecule has 2 aliphatic rings. The fraction of sp³-hybridized carbons (Fsp3) is 0.241. The lowest BCUT2D eigenvalue weighted by Gasteiger charge is -2.50. The molecule has 1 amide bonds. The van der Waals surface area contributed by atoms with E-state index in [-0.39, 0.29) is 30.2 Å². The summed E-state index contributed by atoms with van der Waals surface area (Å²) in [4.78, 5) is 22.3. The van der Waals surface area contributed by atoms with Gasteiger partial charge in [-0.3, -0.25) is 9.69 Å². The zero-order chi connectivity index (χ0) is 26.2. The van der Waals surface area contributed by atoms with Crippen LogP contribution < -0.4 is 22.6 Å². The molecule has 5 rings (SSSR count). The highest BCUT2D eigenvalue weighted by Gasteiger charge is 2.55. The van der Waals surface area contributed by atoms with E-state index in [1.807, 2.05) is 84.3 Å². The first kappa shape index (κ1) is 27.7. The first-order valence-electron chi connectivity index (χ1n) is 12.2. The lowest BCUT2D eigenvalue weighted by Crippen LogP contribution is -3.00. The number of fused-ring (bicyclic) bond motifs is 1. The number of para-hydroxylation sites is 2. The van der Waals surface area contributed by atoms with Crippen molar-refractivity contribution in [1.29, 1.82) is 0 Å². The van der Waals surface area contributed by atoms with Crippen molar-refractivity contribution in [3.8, 4) is 0 Å². The van der Waals surface area contributed by atoms with Gasteiger partial charge in [-0.15, -0.1) is 0 Å². The molecule has 0 radical (unpaired) electrons. The van der Waals surface area contributed by atoms with E-state index in [0.29, 0.717) is 33.4 Å². The maximum Gasteiger partial charge on any atom is 0.255 e. The Bertz CT molecular complexity index is 1350. The molecule has 9 heteroatoms. The third-order valence-electron chi connectivity index (χ3n) is 6.57. The van der Waals surface area contributed by atoms with Gasteiger partial charge < -0.3 is 27.7 Å². The van der Waals surface area contributed by atoms with E-state index < -0.39 is 11.9 Å². The van der Waals surface area contributed by atoms with Crippen LogP contribution in [0.25, 0.3) is 0 Å². The number of thioether (sulfide) groups is 1. The number of rotatable bonds is 6. The quantitative estimate of drug-likeness (QED) is 0.461. The number of hydrogen-bond donors (Lipinski definition) is 2. The summed E-state index contributed by atoms with van der Waals surface area (Å²) in [5.41, 5.74) is 3.14. The standard InChI is InChI=1S/C29H29FN4O2S.ClH/c1-19(2)33(24-12-8-5-9-13-24)29(36)18-37-28-31-20(3)25(27(35)32-23-10-6-4-7-11-23)26(34(28)29)21-14-16-22(30)17-15-21;/h4-17,19,26,36H,18H2,1-3H3,(H,32,35);1H/p-1. The molecule has 1 fully saturated rings. The van der Waals surface area contributed by atoms with E-state index in [4.69, 9.17) is 4.99 Å². The second kappa shape index (κ2) is 11.2. The predicted octanol–water partition coefficient (Wildman–Crippen LogP) is 2.76. The maximum atomic E-state index is 14.0. The molecule has 0 spiro atoms. The van der Waals surface area contributed by atoms with Crippen molar-refractivity contribution >= 4 is 34.2 Å². The Hall–Kier alpha value is -3.33. The van der Waals surface area contributed by atoms with Crippen LogP contribution in [-0.4, -0.2) is 38.7 Å². The Kier molecular flexibility index (Phi) is 8.16. The molecule has 0 aliphatic carbocycles. The summed E-state index contributed by atoms with van der Waals surface area (Å²) in [5, 5.41) is 16.0. The van der Waals surface area contributed by atoms with Crippen LogP contribution in [0.3, 0.4) is 0 Å². The molecule has 38 heavy (non-hydrogen) atoms. The molecule has 198 valence electrons. The van der Waals surface area contributed by atoms with Gasteiger partial charge in [0.25, 0.3) is 5.91 Å². The molecule has 0 saturated carbocycles. The topological polar surface area (TPSA) is 68.2 Å². The number of carbonyl (C=O) groups is 1. The lowest BCUT2D eigenvalue weighted by molar-refractivity contribution is -0.114. The van der Waals surface area contributed by atoms with Crippen LogP contribution in [0, 0.1) is 5.82 Å². The maximum absolute atomic E-state index is 14.0. The zero-order valence-corrected chi connectivity index (χ0v) is 22.9. The van der Waals surface area contributed by atoms with E-state index in [1.165, 1.54) is 23.9 Å². The summed E-state index contributed by atoms with van der Waals surface area (Å²) < 4.78 is 14.0. The van der Waals surface area contributed by atoms with Crippen molar-refractivity contribution in [2.24, 2.45) is 4.99 Å². The summed E-state index contributed by atoms with van der Waals surface area (Å²) in [6.07, 6.45) is 0. The highest BCUT2D eigenvalue weighted by molar-refractivity contribution is 8.14. The monoisotopic (exact) mass is 551 g/mol. The van der Waals surface area contributed by atoms with Gasteiger partial charge in [-0.25, -0.2) is 9.38 Å². The van der Waals surface area contributed by atoms with Gasteiger partial charge in [0.15, 0.2) is 5.17 Å². The number of nitrogens with zero attached hydrogens (tertiary/aromatic N) is 3. The Labute approximate surface area is 232 Å². The van der Waals surface area contributed by atoms with Crippen molar-refractivity contribution in [3.05, 3.63) is 108 Å². The largest absolute Gasteiger partial charge is 1.00 e. The third kappa shape index (κ3) is 5.04. The molecule has 2 aliphatic heterocycles. The molecular formula is C29H29ClFN4O2S-. The summed E-state index contributed by atoms with van der Waals surface area (Å²) in [6, 6.07) is 24.2. The summed E-state index contributed by atoms with van der Waals surface area (Å²) in [7, 11) is 0. The number of benzene rings is 3. The van der Waals surface area contributed by atoms with Crippen molar-refractivity contribution in [2.75, 3.05) is 16.0 Å². The molecule has 2 unspecified atom stereocenters. The normalized spacial score (nSPS) is 20.5. The van der Waals surface area contributed by atoms with Gasteiger partial charge in [0.1, 0.15) is 5.82 Å². The highest BCUT2D eigenvalue weighted by atomic mass is 35.5. The van der Waals surface area contributed by atoms with Crippen molar-refractivity contribution < 1.29 is 26.7 Å². The van der Waals surface area contributed by atoms with Gasteiger partial charge in [0.2, 0.25) is 5.85 Å². The Balaban J connectivity index is 0.00000336. The molecule has 2 atom stereocenters. The summed E-state index contributed by atoms with van der Waals surface area (Å²) in [5.74, 6) is -1.88. The number of anilines is 2. The predicted molar refractivity (Wildman–Crippen MR) is 148 cm³/mol. The van der Waals surface area contributed by atoms with Crippen LogP contribution >= 0.6 is 11.8 Å². The second-order valence-electron chi connectivity index (χ2n) is 9.40. The molecular weight excluding hydrogens is 523 g/mol. The van der Waals surface area contributed by atoms with Crippen LogP contribution in [0.4, 0.5) is 15.8 Å². The molecule has 0 aromatic heterocycles. The van der Waals surface area contributed by atoms with E-state index in [9.17, 15) is 14.3 Å². The van der Waals surface area contributed by atoms with E-state index in [1.54, 1.807) is 19.1 Å². The number of aliphatic imine (C=N–C) groups is 1. The van der Waals surface area contributed by atoms with Gasteiger partial charge in [-0.2, -0.15) is 0 Å². The van der Waals surface area contributed by atoms with Crippen LogP contribution in [0.5, 0.6) is 0 Å². The first-order chi connectivity index (χ1) is 17.8. The van der Waals surface area contributed by atoms with Crippen LogP contribution in [-0.2, 0) is 4.79 Å². The molecule has 3 aromatic rings. The van der Waals surface area contributed by atoms with Crippen molar-refractivity contribution in [3.63, 3.8) is 0 Å². The number of nitrogens with one attached hydrogen (secondary N) is 1. The average molecular weight is 552 g/mol. The van der Waals surface area contributed by atoms with E-state index in [0.717, 1.165) is 5.69 Å². The fourth-order valence-corrected chi connectivity index (χ4v) is 6.24. The van der Waals surface area contributed by atoms with Crippen molar-refractivity contribution in [1.82, 2.24) is 4.90 Å². The van der Waals surface area contributed by atoms with E-state index in [2.05, 4.69) is 5.32 Å². The minimum absolute atomic E-state index is 0. The Morgan fingerprint density at radius 3 is 2.29 bits per heavy atom. The Morgan fingerprint density at radius 2 is 1.68 bits per heavy atom. The number of amides is 1. The Morgan fingerprint density at radius 1 is 1.08 bits per heavy atom. The highest BCUT2D eigenvalue weighted by Crippen LogP contribution is 2.48. The van der Waals surface area contributed by atoms with Gasteiger partial charge >= 0.3 is 0 Å². The van der Waals surface area contributed by atoms with Crippen molar-refractivity contribution in [2.45, 2.75) is 38.7 Å².